The predicted octanol–water partition coefficient (Wildman–Crippen LogP) is -4.22. The second-order valence-corrected chi connectivity index (χ2v) is 10.9. The molecule has 0 saturated carbocycles. The number of aliphatic hydroxyl groups is 2. The van der Waals surface area contributed by atoms with Gasteiger partial charge in [-0.05, 0) is 15.2 Å². The first-order chi connectivity index (χ1) is 10.4. The molecule has 0 rings (SSSR count). The average molecular weight is 614 g/mol. The summed E-state index contributed by atoms with van der Waals surface area (Å²) in [6, 6.07) is 0. The molecular weight excluding hydrogens is 604 g/mol. The molecule has 0 fully saturated rings. The summed E-state index contributed by atoms with van der Waals surface area (Å²) in [7, 11) is -21.4. The van der Waals surface area contributed by atoms with Crippen molar-refractivity contribution in [2.24, 2.45) is 0 Å². The first kappa shape index (κ1) is 30.1. The zero-order chi connectivity index (χ0) is 20.0. The Bertz CT molecular complexity index is 567. The number of rotatable bonds is 8. The summed E-state index contributed by atoms with van der Waals surface area (Å²) in [5.74, 6) is 0. The minimum absolute atomic E-state index is 0. The van der Waals surface area contributed by atoms with Crippen molar-refractivity contribution in [1.82, 2.24) is 0 Å². The van der Waals surface area contributed by atoms with Gasteiger partial charge in [-0.1, -0.05) is 13.2 Å². The van der Waals surface area contributed by atoms with Crippen LogP contribution in [0.5, 0.6) is 0 Å². The van der Waals surface area contributed by atoms with E-state index in [2.05, 4.69) is 22.2 Å². The first-order valence-corrected chi connectivity index (χ1v) is 11.5. The van der Waals surface area contributed by atoms with Gasteiger partial charge in [0.25, 0.3) is 0 Å². The summed E-state index contributed by atoms with van der Waals surface area (Å²) >= 11 is 0. The van der Waals surface area contributed by atoms with Crippen LogP contribution in [0, 0.1) is 0 Å². The fourth-order valence-electron chi connectivity index (χ4n) is 0.663. The molecule has 0 radical (unpaired) electrons. The van der Waals surface area contributed by atoms with Gasteiger partial charge in [0.15, 0.2) is 11.2 Å². The van der Waals surface area contributed by atoms with Crippen molar-refractivity contribution in [2.75, 3.05) is 0 Å². The molecule has 4 unspecified atom stereocenters. The first-order valence-electron chi connectivity index (χ1n) is 5.03. The Balaban J connectivity index is -0.000000372. The van der Waals surface area contributed by atoms with E-state index in [0.717, 1.165) is 0 Å². The van der Waals surface area contributed by atoms with Crippen molar-refractivity contribution in [1.29, 1.82) is 0 Å². The summed E-state index contributed by atoms with van der Waals surface area (Å²) in [6.45, 7) is 5.62. The Morgan fingerprint density at radius 3 is 1.04 bits per heavy atom. The summed E-state index contributed by atoms with van der Waals surface area (Å²) in [6.07, 6.45) is 0.791. The minimum atomic E-state index is -5.60. The zero-order valence-corrected chi connectivity index (χ0v) is 18.2. The molecule has 0 aromatic rings. The predicted molar refractivity (Wildman–Crippen MR) is 65.0 cm³/mol. The van der Waals surface area contributed by atoms with Crippen LogP contribution in [0.3, 0.4) is 0 Å². The van der Waals surface area contributed by atoms with Gasteiger partial charge in [-0.2, -0.15) is 0 Å². The maximum Gasteiger partial charge on any atom is 6.00 e. The van der Waals surface area contributed by atoms with E-state index in [1.165, 1.54) is 0 Å². The monoisotopic (exact) mass is 614 g/mol. The molecule has 2 N–H and O–H groups in total. The molecule has 19 heteroatoms. The molecule has 14 nitrogen and oxygen atoms in total. The van der Waals surface area contributed by atoms with Gasteiger partial charge in [0, 0.05) is 0 Å². The van der Waals surface area contributed by atoms with E-state index in [1.54, 1.807) is 0 Å². The number of hydrogen-bond donors (Lipinski definition) is 2. The van der Waals surface area contributed by atoms with Crippen molar-refractivity contribution in [3.8, 4) is 0 Å². The molecule has 0 heterocycles. The van der Waals surface area contributed by atoms with Crippen LogP contribution in [0.25, 0.3) is 0 Å². The van der Waals surface area contributed by atoms with Crippen molar-refractivity contribution >= 4 is 30.4 Å². The molecule has 0 amide bonds. The average Bonchev–Trinajstić information content (AvgIpc) is 2.35. The zero-order valence-electron chi connectivity index (χ0n) is 11.7. The molecular formula is C6H10O14P4W. The Labute approximate surface area is 155 Å². The van der Waals surface area contributed by atoms with E-state index in [9.17, 15) is 47.6 Å². The van der Waals surface area contributed by atoms with Gasteiger partial charge in [0.05, 0.1) is 12.5 Å². The van der Waals surface area contributed by atoms with Gasteiger partial charge in [0.1, 0.15) is 0 Å². The molecule has 0 aromatic heterocycles. The summed E-state index contributed by atoms with van der Waals surface area (Å²) < 4.78 is 48.3. The van der Waals surface area contributed by atoms with E-state index in [-0.39, 0.29) is 21.1 Å². The van der Waals surface area contributed by atoms with Crippen LogP contribution in [0.2, 0.25) is 0 Å². The van der Waals surface area contributed by atoms with Crippen LogP contribution in [-0.4, -0.2) is 21.4 Å². The maximum absolute atomic E-state index is 10.5. The number of aliphatic hydroxyl groups excluding tert-OH is 2. The Morgan fingerprint density at radius 1 is 0.720 bits per heavy atom. The molecule has 0 aliphatic carbocycles. The molecule has 0 aromatic carbocycles. The maximum atomic E-state index is 10.5. The quantitative estimate of drug-likeness (QED) is 0.194. The topological polar surface area (TPSA) is 266 Å². The van der Waals surface area contributed by atoms with Gasteiger partial charge in [-0.15, -0.1) is 0 Å². The van der Waals surface area contributed by atoms with Crippen LogP contribution < -0.4 is 29.4 Å². The summed E-state index contributed by atoms with van der Waals surface area (Å²) in [4.78, 5) is 60.9. The van der Waals surface area contributed by atoms with Crippen LogP contribution in [-0.2, 0) is 48.4 Å². The fourth-order valence-corrected chi connectivity index (χ4v) is 4.39. The SMILES string of the molecule is C=COP(=O)([O-])C(O)P(=O)([O-])[O-].C=COP(=O)([O-])C(O)P(=O)([O-])[O-].[W+6]. The third kappa shape index (κ3) is 11.6. The number of hydrogen-bond acceptors (Lipinski definition) is 14. The molecule has 0 bridgehead atoms. The molecule has 4 atom stereocenters. The fraction of sp³-hybridized carbons (Fsp3) is 0.333. The van der Waals surface area contributed by atoms with E-state index in [4.69, 9.17) is 10.2 Å². The van der Waals surface area contributed by atoms with Gasteiger partial charge < -0.3 is 57.8 Å². The van der Waals surface area contributed by atoms with E-state index < -0.39 is 41.6 Å². The van der Waals surface area contributed by atoms with Crippen molar-refractivity contribution in [3.05, 3.63) is 25.7 Å². The molecule has 144 valence electrons. The summed E-state index contributed by atoms with van der Waals surface area (Å²) in [5, 5.41) is 16.8. The van der Waals surface area contributed by atoms with Gasteiger partial charge in [0.2, 0.25) is 15.2 Å². The molecule has 0 saturated heterocycles. The third-order valence-corrected chi connectivity index (χ3v) is 8.12. The van der Waals surface area contributed by atoms with E-state index >= 15 is 0 Å². The molecule has 0 aliphatic heterocycles. The van der Waals surface area contributed by atoms with E-state index in [0.29, 0.717) is 12.5 Å². The largest absolute Gasteiger partial charge is 6.00 e. The Morgan fingerprint density at radius 2 is 0.920 bits per heavy atom. The van der Waals surface area contributed by atoms with Gasteiger partial charge >= 0.3 is 21.1 Å². The third-order valence-electron chi connectivity index (χ3n) is 1.57. The minimum Gasteiger partial charge on any atom is -0.809 e. The van der Waals surface area contributed by atoms with Crippen LogP contribution in [0.15, 0.2) is 25.7 Å². The van der Waals surface area contributed by atoms with Crippen molar-refractivity contribution < 1.29 is 87.9 Å². The van der Waals surface area contributed by atoms with Crippen LogP contribution >= 0.6 is 30.4 Å². The smallest absolute Gasteiger partial charge is 0.809 e. The van der Waals surface area contributed by atoms with Crippen molar-refractivity contribution in [2.45, 2.75) is 11.2 Å². The Hall–Kier alpha value is 0.368. The van der Waals surface area contributed by atoms with Gasteiger partial charge in [-0.3, -0.25) is 9.13 Å². The molecule has 0 aliphatic rings. The standard InChI is InChI=1S/2C3H8O7P2.W/c2*1-2-10-12(8,9)3(4)11(5,6)7;/h2*2-4H,1H2,(H,8,9)(H2,5,6,7);/q;;+6/p-6. The van der Waals surface area contributed by atoms with Crippen LogP contribution in [0.1, 0.15) is 0 Å². The molecule has 25 heavy (non-hydrogen) atoms. The van der Waals surface area contributed by atoms with E-state index in [1.807, 2.05) is 0 Å². The van der Waals surface area contributed by atoms with Gasteiger partial charge in [-0.25, -0.2) is 0 Å². The second-order valence-electron chi connectivity index (χ2n) is 3.40. The van der Waals surface area contributed by atoms with Crippen LogP contribution in [0.4, 0.5) is 0 Å². The summed E-state index contributed by atoms with van der Waals surface area (Å²) in [5.41, 5.74) is -6.13. The Kier molecular flexibility index (Phi) is 13.6. The van der Waals surface area contributed by atoms with Crippen molar-refractivity contribution in [3.63, 3.8) is 0 Å². The normalized spacial score (nSPS) is 18.6. The molecule has 0 spiro atoms. The second kappa shape index (κ2) is 11.3.